The number of esters is 1. The number of benzene rings is 1. The SMILES string of the molecule is CCC(C)C(NC(=O)CSc1nncn1-c1ccccc1OC)C(=O)OC. The molecule has 0 aliphatic heterocycles. The molecule has 2 atom stereocenters. The molecule has 0 spiro atoms. The lowest BCUT2D eigenvalue weighted by Gasteiger charge is -2.21. The first-order chi connectivity index (χ1) is 13.0. The molecule has 0 bridgehead atoms. The quantitative estimate of drug-likeness (QED) is 0.515. The summed E-state index contributed by atoms with van der Waals surface area (Å²) in [5.74, 6) is 0.0255. The highest BCUT2D eigenvalue weighted by molar-refractivity contribution is 7.99. The van der Waals surface area contributed by atoms with Gasteiger partial charge in [0.2, 0.25) is 5.91 Å². The number of para-hydroxylation sites is 2. The molecule has 2 aromatic rings. The maximum Gasteiger partial charge on any atom is 0.328 e. The van der Waals surface area contributed by atoms with Crippen molar-refractivity contribution in [3.8, 4) is 11.4 Å². The number of hydrogen-bond donors (Lipinski definition) is 1. The predicted octanol–water partition coefficient (Wildman–Crippen LogP) is 2.07. The monoisotopic (exact) mass is 392 g/mol. The Hall–Kier alpha value is -2.55. The second-order valence-electron chi connectivity index (χ2n) is 5.90. The van der Waals surface area contributed by atoms with E-state index in [0.717, 1.165) is 12.1 Å². The van der Waals surface area contributed by atoms with Gasteiger partial charge in [-0.2, -0.15) is 0 Å². The fourth-order valence-electron chi connectivity index (χ4n) is 2.46. The van der Waals surface area contributed by atoms with Crippen molar-refractivity contribution in [1.29, 1.82) is 0 Å². The number of hydrogen-bond acceptors (Lipinski definition) is 7. The highest BCUT2D eigenvalue weighted by Crippen LogP contribution is 2.26. The third kappa shape index (κ3) is 5.22. The van der Waals surface area contributed by atoms with Gasteiger partial charge in [0.1, 0.15) is 18.1 Å². The highest BCUT2D eigenvalue weighted by atomic mass is 32.2. The molecule has 146 valence electrons. The van der Waals surface area contributed by atoms with Crippen LogP contribution in [0, 0.1) is 5.92 Å². The largest absolute Gasteiger partial charge is 0.495 e. The number of nitrogens with one attached hydrogen (secondary N) is 1. The molecule has 9 heteroatoms. The van der Waals surface area contributed by atoms with E-state index in [0.29, 0.717) is 10.9 Å². The fraction of sp³-hybridized carbons (Fsp3) is 0.444. The van der Waals surface area contributed by atoms with Gasteiger partial charge < -0.3 is 14.8 Å². The number of methoxy groups -OCH3 is 2. The average Bonchev–Trinajstić information content (AvgIpc) is 3.17. The number of thioether (sulfide) groups is 1. The molecule has 0 saturated heterocycles. The Labute approximate surface area is 162 Å². The van der Waals surface area contributed by atoms with Crippen LogP contribution in [0.4, 0.5) is 0 Å². The first-order valence-corrected chi connectivity index (χ1v) is 9.53. The zero-order valence-corrected chi connectivity index (χ0v) is 16.7. The molecule has 2 unspecified atom stereocenters. The van der Waals surface area contributed by atoms with E-state index in [-0.39, 0.29) is 17.6 Å². The molecule has 8 nitrogen and oxygen atoms in total. The molecular weight excluding hydrogens is 368 g/mol. The zero-order valence-electron chi connectivity index (χ0n) is 15.8. The van der Waals surface area contributed by atoms with Crippen LogP contribution < -0.4 is 10.1 Å². The molecule has 1 aromatic heterocycles. The van der Waals surface area contributed by atoms with Gasteiger partial charge in [0, 0.05) is 0 Å². The minimum absolute atomic E-state index is 0.0244. The minimum Gasteiger partial charge on any atom is -0.495 e. The van der Waals surface area contributed by atoms with Gasteiger partial charge in [-0.15, -0.1) is 10.2 Å². The average molecular weight is 392 g/mol. The van der Waals surface area contributed by atoms with Crippen LogP contribution in [-0.2, 0) is 14.3 Å². The number of ether oxygens (including phenoxy) is 2. The molecule has 1 heterocycles. The molecule has 0 fully saturated rings. The van der Waals surface area contributed by atoms with E-state index in [4.69, 9.17) is 9.47 Å². The highest BCUT2D eigenvalue weighted by Gasteiger charge is 2.26. The summed E-state index contributed by atoms with van der Waals surface area (Å²) in [5, 5.41) is 11.3. The third-order valence-corrected chi connectivity index (χ3v) is 5.12. The molecular formula is C18H24N4O4S. The zero-order chi connectivity index (χ0) is 19.8. The van der Waals surface area contributed by atoms with Crippen molar-refractivity contribution in [2.24, 2.45) is 5.92 Å². The van der Waals surface area contributed by atoms with Gasteiger partial charge in [-0.25, -0.2) is 4.79 Å². The maximum atomic E-state index is 12.3. The minimum atomic E-state index is -0.666. The topological polar surface area (TPSA) is 95.3 Å². The number of carbonyl (C=O) groups excluding carboxylic acids is 2. The predicted molar refractivity (Wildman–Crippen MR) is 102 cm³/mol. The van der Waals surface area contributed by atoms with E-state index in [1.165, 1.54) is 18.9 Å². The molecule has 0 saturated carbocycles. The van der Waals surface area contributed by atoms with Gasteiger partial charge in [-0.3, -0.25) is 9.36 Å². The summed E-state index contributed by atoms with van der Waals surface area (Å²) >= 11 is 1.23. The van der Waals surface area contributed by atoms with E-state index in [9.17, 15) is 9.59 Å². The summed E-state index contributed by atoms with van der Waals surface area (Å²) < 4.78 is 11.9. The number of carbonyl (C=O) groups is 2. The van der Waals surface area contributed by atoms with Gasteiger partial charge in [-0.1, -0.05) is 44.2 Å². The van der Waals surface area contributed by atoms with Crippen LogP contribution in [-0.4, -0.2) is 52.7 Å². The lowest BCUT2D eigenvalue weighted by atomic mass is 9.99. The van der Waals surface area contributed by atoms with Gasteiger partial charge >= 0.3 is 5.97 Å². The van der Waals surface area contributed by atoms with Crippen LogP contribution in [0.3, 0.4) is 0 Å². The van der Waals surface area contributed by atoms with E-state index < -0.39 is 12.0 Å². The summed E-state index contributed by atoms with van der Waals surface area (Å²) in [7, 11) is 2.90. The number of aromatic nitrogens is 3. The lowest BCUT2D eigenvalue weighted by molar-refractivity contribution is -0.146. The number of rotatable bonds is 9. The van der Waals surface area contributed by atoms with Crippen LogP contribution in [0.15, 0.2) is 35.7 Å². The molecule has 1 N–H and O–H groups in total. The van der Waals surface area contributed by atoms with Crippen molar-refractivity contribution in [2.75, 3.05) is 20.0 Å². The van der Waals surface area contributed by atoms with Crippen molar-refractivity contribution in [1.82, 2.24) is 20.1 Å². The van der Waals surface area contributed by atoms with E-state index in [2.05, 4.69) is 15.5 Å². The summed E-state index contributed by atoms with van der Waals surface area (Å²) in [4.78, 5) is 24.2. The summed E-state index contributed by atoms with van der Waals surface area (Å²) in [5.41, 5.74) is 0.778. The Morgan fingerprint density at radius 2 is 2.04 bits per heavy atom. The molecule has 1 aromatic carbocycles. The molecule has 0 aliphatic rings. The van der Waals surface area contributed by atoms with Crippen LogP contribution in [0.5, 0.6) is 5.75 Å². The Kier molecular flexibility index (Phi) is 7.66. The molecule has 2 rings (SSSR count). The fourth-order valence-corrected chi connectivity index (χ4v) is 3.19. The van der Waals surface area contributed by atoms with Crippen molar-refractivity contribution in [2.45, 2.75) is 31.5 Å². The van der Waals surface area contributed by atoms with Gasteiger partial charge in [-0.05, 0) is 18.1 Å². The van der Waals surface area contributed by atoms with Crippen molar-refractivity contribution in [3.05, 3.63) is 30.6 Å². The van der Waals surface area contributed by atoms with Gasteiger partial charge in [0.25, 0.3) is 0 Å². The second-order valence-corrected chi connectivity index (χ2v) is 6.84. The lowest BCUT2D eigenvalue weighted by Crippen LogP contribution is -2.46. The Morgan fingerprint density at radius 3 is 2.70 bits per heavy atom. The Balaban J connectivity index is 2.06. The molecule has 0 aliphatic carbocycles. The Morgan fingerprint density at radius 1 is 1.30 bits per heavy atom. The van der Waals surface area contributed by atoms with Crippen LogP contribution in [0.25, 0.3) is 5.69 Å². The summed E-state index contributed by atoms with van der Waals surface area (Å²) in [6.07, 6.45) is 2.31. The van der Waals surface area contributed by atoms with E-state index in [1.54, 1.807) is 18.0 Å². The van der Waals surface area contributed by atoms with Crippen molar-refractivity contribution in [3.63, 3.8) is 0 Å². The second kappa shape index (κ2) is 9.96. The standard InChI is InChI=1S/C18H24N4O4S/c1-5-12(2)16(17(24)26-4)20-15(23)10-27-18-21-19-11-22(18)13-8-6-7-9-14(13)25-3/h6-9,11-12,16H,5,10H2,1-4H3,(H,20,23). The Bertz CT molecular complexity index is 780. The molecule has 1 amide bonds. The summed E-state index contributed by atoms with van der Waals surface area (Å²) in [6.45, 7) is 3.85. The van der Waals surface area contributed by atoms with Gasteiger partial charge in [0.15, 0.2) is 5.16 Å². The first-order valence-electron chi connectivity index (χ1n) is 8.55. The third-order valence-electron chi connectivity index (χ3n) is 4.18. The smallest absolute Gasteiger partial charge is 0.328 e. The van der Waals surface area contributed by atoms with Gasteiger partial charge in [0.05, 0.1) is 25.7 Å². The van der Waals surface area contributed by atoms with Crippen LogP contribution >= 0.6 is 11.8 Å². The number of amides is 1. The molecule has 27 heavy (non-hydrogen) atoms. The molecule has 0 radical (unpaired) electrons. The van der Waals surface area contributed by atoms with E-state index in [1.807, 2.05) is 38.1 Å². The normalized spacial score (nSPS) is 12.9. The maximum absolute atomic E-state index is 12.3. The van der Waals surface area contributed by atoms with Crippen LogP contribution in [0.1, 0.15) is 20.3 Å². The summed E-state index contributed by atoms with van der Waals surface area (Å²) in [6, 6.07) is 6.80. The first kappa shape index (κ1) is 20.8. The van der Waals surface area contributed by atoms with Crippen molar-refractivity contribution < 1.29 is 19.1 Å². The number of nitrogens with zero attached hydrogens (tertiary/aromatic N) is 3. The van der Waals surface area contributed by atoms with Crippen LogP contribution in [0.2, 0.25) is 0 Å². The van der Waals surface area contributed by atoms with Crippen molar-refractivity contribution >= 4 is 23.6 Å². The van der Waals surface area contributed by atoms with E-state index >= 15 is 0 Å².